The third-order valence-corrected chi connectivity index (χ3v) is 6.35. The number of morpholine rings is 1. The van der Waals surface area contributed by atoms with Crippen LogP contribution in [0.25, 0.3) is 0 Å². The van der Waals surface area contributed by atoms with Gasteiger partial charge in [0.1, 0.15) is 0 Å². The molecule has 1 heterocycles. The predicted molar refractivity (Wildman–Crippen MR) is 119 cm³/mol. The van der Waals surface area contributed by atoms with Crippen LogP contribution in [0.5, 0.6) is 0 Å². The maximum Gasteiger partial charge on any atom is 0.251 e. The van der Waals surface area contributed by atoms with E-state index in [-0.39, 0.29) is 29.0 Å². The average molecular weight is 442 g/mol. The topological polar surface area (TPSA) is 87.7 Å². The molecule has 7 nitrogen and oxygen atoms in total. The standard InChI is InChI=1S/C23H27N3O4S/c1-3-10-25-31(28,29)22-9-5-8-21(14-22)23(27)24-15-19-6-4-7-20(13-19)17-26-11-12-30-18(2)16-26/h1,4-9,13-14,18,25H,10-12,15-17H2,2H3,(H,24,27). The number of carbonyl (C=O) groups is 1. The van der Waals surface area contributed by atoms with Gasteiger partial charge in [-0.25, -0.2) is 8.42 Å². The summed E-state index contributed by atoms with van der Waals surface area (Å²) in [6.07, 6.45) is 5.34. The summed E-state index contributed by atoms with van der Waals surface area (Å²) in [6, 6.07) is 13.9. The van der Waals surface area contributed by atoms with E-state index in [0.717, 1.165) is 31.8 Å². The SMILES string of the molecule is C#CCNS(=O)(=O)c1cccc(C(=O)NCc2cccc(CN3CCOC(C)C3)c2)c1. The van der Waals surface area contributed by atoms with Crippen LogP contribution in [0.1, 0.15) is 28.4 Å². The van der Waals surface area contributed by atoms with Crippen LogP contribution in [-0.4, -0.2) is 51.6 Å². The molecular formula is C23H27N3O4S. The van der Waals surface area contributed by atoms with Crippen molar-refractivity contribution >= 4 is 15.9 Å². The van der Waals surface area contributed by atoms with Crippen molar-refractivity contribution in [3.63, 3.8) is 0 Å². The summed E-state index contributed by atoms with van der Waals surface area (Å²) >= 11 is 0. The van der Waals surface area contributed by atoms with Gasteiger partial charge >= 0.3 is 0 Å². The number of amides is 1. The molecule has 0 saturated carbocycles. The van der Waals surface area contributed by atoms with Crippen LogP contribution in [-0.2, 0) is 27.8 Å². The van der Waals surface area contributed by atoms with Gasteiger partial charge < -0.3 is 10.1 Å². The fourth-order valence-electron chi connectivity index (χ4n) is 3.44. The van der Waals surface area contributed by atoms with Crippen molar-refractivity contribution in [1.29, 1.82) is 0 Å². The first-order chi connectivity index (χ1) is 14.9. The molecule has 1 atom stereocenters. The zero-order chi connectivity index (χ0) is 22.3. The molecule has 1 aliphatic rings. The molecule has 2 aromatic rings. The van der Waals surface area contributed by atoms with Crippen molar-refractivity contribution in [2.24, 2.45) is 0 Å². The molecule has 1 fully saturated rings. The molecular weight excluding hydrogens is 414 g/mol. The number of hydrogen-bond donors (Lipinski definition) is 2. The lowest BCUT2D eigenvalue weighted by Gasteiger charge is -2.31. The minimum atomic E-state index is -3.76. The predicted octanol–water partition coefficient (Wildman–Crippen LogP) is 1.75. The Bertz CT molecular complexity index is 1060. The smallest absolute Gasteiger partial charge is 0.251 e. The number of hydrogen-bond acceptors (Lipinski definition) is 5. The van der Waals surface area contributed by atoms with Gasteiger partial charge in [0.2, 0.25) is 10.0 Å². The molecule has 0 spiro atoms. The van der Waals surface area contributed by atoms with Gasteiger partial charge in [0.25, 0.3) is 5.91 Å². The number of sulfonamides is 1. The van der Waals surface area contributed by atoms with Crippen LogP contribution >= 0.6 is 0 Å². The Hall–Kier alpha value is -2.70. The van der Waals surface area contributed by atoms with Crippen LogP contribution in [0, 0.1) is 12.3 Å². The van der Waals surface area contributed by atoms with Crippen molar-refractivity contribution in [2.75, 3.05) is 26.2 Å². The Labute approximate surface area is 183 Å². The van der Waals surface area contributed by atoms with Gasteiger partial charge in [-0.1, -0.05) is 36.3 Å². The Morgan fingerprint density at radius 1 is 1.23 bits per heavy atom. The summed E-state index contributed by atoms with van der Waals surface area (Å²) in [6.45, 7) is 5.68. The van der Waals surface area contributed by atoms with E-state index in [9.17, 15) is 13.2 Å². The molecule has 164 valence electrons. The minimum Gasteiger partial charge on any atom is -0.376 e. The monoisotopic (exact) mass is 441 g/mol. The number of ether oxygens (including phenoxy) is 1. The highest BCUT2D eigenvalue weighted by Crippen LogP contribution is 2.14. The maximum atomic E-state index is 12.6. The Kier molecular flexibility index (Phi) is 7.82. The zero-order valence-electron chi connectivity index (χ0n) is 17.5. The second-order valence-corrected chi connectivity index (χ2v) is 9.24. The van der Waals surface area contributed by atoms with Crippen LogP contribution in [0.2, 0.25) is 0 Å². The van der Waals surface area contributed by atoms with Crippen molar-refractivity contribution in [3.05, 3.63) is 65.2 Å². The zero-order valence-corrected chi connectivity index (χ0v) is 18.3. The molecule has 0 aliphatic carbocycles. The molecule has 1 aliphatic heterocycles. The maximum absolute atomic E-state index is 12.6. The van der Waals surface area contributed by atoms with Gasteiger partial charge in [0, 0.05) is 31.7 Å². The van der Waals surface area contributed by atoms with E-state index < -0.39 is 10.0 Å². The third kappa shape index (κ3) is 6.64. The quantitative estimate of drug-likeness (QED) is 0.610. The largest absolute Gasteiger partial charge is 0.376 e. The molecule has 1 unspecified atom stereocenters. The molecule has 3 rings (SSSR count). The molecule has 0 aromatic heterocycles. The van der Waals surface area contributed by atoms with Crippen LogP contribution in [0.4, 0.5) is 0 Å². The summed E-state index contributed by atoms with van der Waals surface area (Å²) in [5.74, 6) is 1.88. The normalized spacial score (nSPS) is 17.1. The molecule has 1 amide bonds. The highest BCUT2D eigenvalue weighted by atomic mass is 32.2. The summed E-state index contributed by atoms with van der Waals surface area (Å²) in [7, 11) is -3.76. The Morgan fingerprint density at radius 2 is 2.00 bits per heavy atom. The highest BCUT2D eigenvalue weighted by Gasteiger charge is 2.17. The molecule has 2 N–H and O–H groups in total. The lowest BCUT2D eigenvalue weighted by atomic mass is 10.1. The van der Waals surface area contributed by atoms with E-state index in [1.54, 1.807) is 6.07 Å². The van der Waals surface area contributed by atoms with E-state index in [1.165, 1.54) is 23.8 Å². The third-order valence-electron chi connectivity index (χ3n) is 4.95. The van der Waals surface area contributed by atoms with Gasteiger partial charge in [-0.05, 0) is 36.2 Å². The molecule has 0 bridgehead atoms. The fraction of sp³-hybridized carbons (Fsp3) is 0.348. The van der Waals surface area contributed by atoms with Crippen LogP contribution < -0.4 is 10.0 Å². The average Bonchev–Trinajstić information content (AvgIpc) is 2.76. The van der Waals surface area contributed by atoms with Gasteiger partial charge in [-0.2, -0.15) is 4.72 Å². The highest BCUT2D eigenvalue weighted by molar-refractivity contribution is 7.89. The summed E-state index contributed by atoms with van der Waals surface area (Å²) < 4.78 is 32.3. The van der Waals surface area contributed by atoms with E-state index in [4.69, 9.17) is 11.2 Å². The molecule has 1 saturated heterocycles. The van der Waals surface area contributed by atoms with Gasteiger partial charge in [-0.3, -0.25) is 9.69 Å². The first-order valence-electron chi connectivity index (χ1n) is 10.1. The first-order valence-corrected chi connectivity index (χ1v) is 11.6. The van der Waals surface area contributed by atoms with E-state index in [0.29, 0.717) is 6.54 Å². The lowest BCUT2D eigenvalue weighted by molar-refractivity contribution is -0.0212. The minimum absolute atomic E-state index is 0.00265. The second kappa shape index (κ2) is 10.6. The van der Waals surface area contributed by atoms with Crippen LogP contribution in [0.15, 0.2) is 53.4 Å². The summed E-state index contributed by atoms with van der Waals surface area (Å²) in [5, 5.41) is 2.85. The molecule has 8 heteroatoms. The lowest BCUT2D eigenvalue weighted by Crippen LogP contribution is -2.40. The molecule has 2 aromatic carbocycles. The van der Waals surface area contributed by atoms with E-state index >= 15 is 0 Å². The number of nitrogens with zero attached hydrogens (tertiary/aromatic N) is 1. The Morgan fingerprint density at radius 3 is 2.77 bits per heavy atom. The van der Waals surface area contributed by atoms with Gasteiger partial charge in [0.05, 0.1) is 24.2 Å². The van der Waals surface area contributed by atoms with E-state index in [1.807, 2.05) is 12.1 Å². The first kappa shape index (κ1) is 23.0. The van der Waals surface area contributed by atoms with Crippen molar-refractivity contribution in [2.45, 2.75) is 31.0 Å². The van der Waals surface area contributed by atoms with Crippen molar-refractivity contribution in [3.8, 4) is 12.3 Å². The van der Waals surface area contributed by atoms with Crippen molar-refractivity contribution < 1.29 is 17.9 Å². The second-order valence-electron chi connectivity index (χ2n) is 7.48. The van der Waals surface area contributed by atoms with Gasteiger partial charge in [0.15, 0.2) is 0 Å². The summed E-state index contributed by atoms with van der Waals surface area (Å²) in [4.78, 5) is 14.9. The Balaban J connectivity index is 1.61. The molecule has 0 radical (unpaired) electrons. The summed E-state index contributed by atoms with van der Waals surface area (Å²) in [5.41, 5.74) is 2.42. The number of carbonyl (C=O) groups excluding carboxylic acids is 1. The van der Waals surface area contributed by atoms with Gasteiger partial charge in [-0.15, -0.1) is 6.42 Å². The molecule has 31 heavy (non-hydrogen) atoms. The van der Waals surface area contributed by atoms with Crippen LogP contribution in [0.3, 0.4) is 0 Å². The number of benzene rings is 2. The van der Waals surface area contributed by atoms with E-state index in [2.05, 4.69) is 39.9 Å². The number of rotatable bonds is 8. The fourth-order valence-corrected chi connectivity index (χ4v) is 4.42. The number of terminal acetylenes is 1. The number of nitrogens with one attached hydrogen (secondary N) is 2. The van der Waals surface area contributed by atoms with Crippen molar-refractivity contribution in [1.82, 2.24) is 14.9 Å².